The summed E-state index contributed by atoms with van der Waals surface area (Å²) in [6.07, 6.45) is -4.79. The van der Waals surface area contributed by atoms with Crippen molar-refractivity contribution in [2.75, 3.05) is 5.32 Å². The third kappa shape index (κ3) is 4.08. The number of aromatic nitrogens is 3. The highest BCUT2D eigenvalue weighted by Crippen LogP contribution is 2.34. The van der Waals surface area contributed by atoms with Gasteiger partial charge in [-0.15, -0.1) is 21.5 Å². The second-order valence-electron chi connectivity index (χ2n) is 5.19. The molecule has 138 valence electrons. The number of rotatable bonds is 4. The van der Waals surface area contributed by atoms with Gasteiger partial charge in [-0.2, -0.15) is 13.2 Å². The van der Waals surface area contributed by atoms with E-state index in [4.69, 9.17) is 5.11 Å². The van der Waals surface area contributed by atoms with Gasteiger partial charge in [-0.05, 0) is 24.3 Å². The van der Waals surface area contributed by atoms with Gasteiger partial charge in [-0.25, -0.2) is 9.78 Å². The van der Waals surface area contributed by atoms with E-state index in [-0.39, 0.29) is 22.8 Å². The Bertz CT molecular complexity index is 989. The molecule has 0 fully saturated rings. The number of amides is 1. The van der Waals surface area contributed by atoms with Crippen LogP contribution in [0.3, 0.4) is 0 Å². The second-order valence-corrected chi connectivity index (χ2v) is 5.91. The molecule has 0 bridgehead atoms. The van der Waals surface area contributed by atoms with E-state index in [0.717, 1.165) is 12.1 Å². The van der Waals surface area contributed by atoms with E-state index < -0.39 is 29.2 Å². The molecule has 2 N–H and O–H groups in total. The van der Waals surface area contributed by atoms with Crippen LogP contribution in [0.5, 0.6) is 0 Å². The Morgan fingerprint density at radius 2 is 1.89 bits per heavy atom. The normalized spacial score (nSPS) is 11.2. The highest BCUT2D eigenvalue weighted by atomic mass is 32.1. The fraction of sp³-hybridized carbons (Fsp3) is 0.0625. The number of carbonyl (C=O) groups excluding carboxylic acids is 1. The maximum absolute atomic E-state index is 12.9. The van der Waals surface area contributed by atoms with E-state index >= 15 is 0 Å². The Morgan fingerprint density at radius 1 is 1.11 bits per heavy atom. The predicted molar refractivity (Wildman–Crippen MR) is 89.5 cm³/mol. The van der Waals surface area contributed by atoms with E-state index in [1.54, 1.807) is 5.38 Å². The summed E-state index contributed by atoms with van der Waals surface area (Å²) in [7, 11) is 0. The molecule has 0 radical (unpaired) electrons. The summed E-state index contributed by atoms with van der Waals surface area (Å²) in [6, 6.07) is 5.45. The molecule has 2 heterocycles. The van der Waals surface area contributed by atoms with E-state index in [1.165, 1.54) is 29.0 Å². The number of benzene rings is 1. The zero-order valence-corrected chi connectivity index (χ0v) is 14.0. The van der Waals surface area contributed by atoms with Gasteiger partial charge in [0.25, 0.3) is 5.91 Å². The summed E-state index contributed by atoms with van der Waals surface area (Å²) >= 11 is 1.25. The van der Waals surface area contributed by atoms with Gasteiger partial charge in [-0.3, -0.25) is 4.79 Å². The molecular formula is C16H9F3N4O3S. The molecule has 0 aliphatic heterocycles. The first kappa shape index (κ1) is 18.5. The van der Waals surface area contributed by atoms with Crippen molar-refractivity contribution in [3.63, 3.8) is 0 Å². The first-order valence-corrected chi connectivity index (χ1v) is 8.18. The number of nitrogens with one attached hydrogen (secondary N) is 1. The SMILES string of the molecule is O=C(Nc1ccc(-c2ccc(C(F)(F)F)c(C(=O)O)c2)nn1)c1cscn1. The maximum Gasteiger partial charge on any atom is 0.417 e. The number of hydrogen-bond donors (Lipinski definition) is 2. The summed E-state index contributed by atoms with van der Waals surface area (Å²) in [4.78, 5) is 26.9. The average Bonchev–Trinajstić information content (AvgIpc) is 3.16. The largest absolute Gasteiger partial charge is 0.478 e. The van der Waals surface area contributed by atoms with Crippen LogP contribution in [0.1, 0.15) is 26.4 Å². The first-order chi connectivity index (χ1) is 12.8. The summed E-state index contributed by atoms with van der Waals surface area (Å²) in [6.45, 7) is 0. The number of carboxylic acid groups (broad SMARTS) is 1. The van der Waals surface area contributed by atoms with Gasteiger partial charge in [-0.1, -0.05) is 6.07 Å². The molecule has 0 saturated carbocycles. The molecule has 27 heavy (non-hydrogen) atoms. The van der Waals surface area contributed by atoms with Crippen molar-refractivity contribution in [2.45, 2.75) is 6.18 Å². The lowest BCUT2D eigenvalue weighted by molar-refractivity contribution is -0.138. The van der Waals surface area contributed by atoms with Crippen LogP contribution in [0.15, 0.2) is 41.2 Å². The van der Waals surface area contributed by atoms with Gasteiger partial charge in [0.15, 0.2) is 5.82 Å². The monoisotopic (exact) mass is 394 g/mol. The zero-order valence-electron chi connectivity index (χ0n) is 13.2. The number of anilines is 1. The molecule has 7 nitrogen and oxygen atoms in total. The standard InChI is InChI=1S/C16H9F3N4O3S/c17-16(18,19)10-2-1-8(5-9(10)15(25)26)11-3-4-13(23-22-11)21-14(24)12-6-27-7-20-12/h1-7H,(H,25,26)(H,21,23,24). The molecular weight excluding hydrogens is 385 g/mol. The van der Waals surface area contributed by atoms with Gasteiger partial charge < -0.3 is 10.4 Å². The number of alkyl halides is 3. The van der Waals surface area contributed by atoms with Crippen molar-refractivity contribution in [1.29, 1.82) is 0 Å². The van der Waals surface area contributed by atoms with Crippen molar-refractivity contribution >= 4 is 29.0 Å². The van der Waals surface area contributed by atoms with Gasteiger partial charge in [0.2, 0.25) is 0 Å². The molecule has 2 aromatic heterocycles. The van der Waals surface area contributed by atoms with E-state index in [1.807, 2.05) is 0 Å². The van der Waals surface area contributed by atoms with Crippen LogP contribution in [0.25, 0.3) is 11.3 Å². The fourth-order valence-corrected chi connectivity index (χ4v) is 2.72. The lowest BCUT2D eigenvalue weighted by Gasteiger charge is -2.11. The van der Waals surface area contributed by atoms with Crippen LogP contribution in [-0.2, 0) is 6.18 Å². The number of carboxylic acids is 1. The van der Waals surface area contributed by atoms with Crippen LogP contribution >= 0.6 is 11.3 Å². The summed E-state index contributed by atoms with van der Waals surface area (Å²) < 4.78 is 38.7. The summed E-state index contributed by atoms with van der Waals surface area (Å²) in [5.74, 6) is -2.08. The zero-order chi connectivity index (χ0) is 19.6. The Morgan fingerprint density at radius 3 is 2.44 bits per heavy atom. The molecule has 0 atom stereocenters. The van der Waals surface area contributed by atoms with Crippen LogP contribution in [0.2, 0.25) is 0 Å². The molecule has 1 amide bonds. The van der Waals surface area contributed by atoms with Gasteiger partial charge in [0, 0.05) is 10.9 Å². The number of nitrogens with zero attached hydrogens (tertiary/aromatic N) is 3. The average molecular weight is 394 g/mol. The minimum absolute atomic E-state index is 0.113. The smallest absolute Gasteiger partial charge is 0.417 e. The molecule has 3 rings (SSSR count). The summed E-state index contributed by atoms with van der Waals surface area (Å²) in [5.41, 5.74) is -0.140. The molecule has 0 aliphatic carbocycles. The third-order valence-corrected chi connectivity index (χ3v) is 4.01. The van der Waals surface area contributed by atoms with Crippen molar-refractivity contribution in [3.05, 3.63) is 58.0 Å². The number of hydrogen-bond acceptors (Lipinski definition) is 6. The van der Waals surface area contributed by atoms with Gasteiger partial charge in [0.05, 0.1) is 22.3 Å². The van der Waals surface area contributed by atoms with Crippen LogP contribution < -0.4 is 5.32 Å². The number of carbonyl (C=O) groups is 2. The van der Waals surface area contributed by atoms with Crippen molar-refractivity contribution < 1.29 is 27.9 Å². The van der Waals surface area contributed by atoms with E-state index in [0.29, 0.717) is 6.07 Å². The fourth-order valence-electron chi connectivity index (χ4n) is 2.19. The van der Waals surface area contributed by atoms with Crippen molar-refractivity contribution in [1.82, 2.24) is 15.2 Å². The highest BCUT2D eigenvalue weighted by Gasteiger charge is 2.35. The number of halogens is 3. The number of thiazole rings is 1. The molecule has 0 aliphatic rings. The first-order valence-electron chi connectivity index (χ1n) is 7.24. The lowest BCUT2D eigenvalue weighted by atomic mass is 10.0. The Labute approximate surface area is 153 Å². The minimum Gasteiger partial charge on any atom is -0.478 e. The van der Waals surface area contributed by atoms with E-state index in [2.05, 4.69) is 20.5 Å². The molecule has 3 aromatic rings. The summed E-state index contributed by atoms with van der Waals surface area (Å²) in [5, 5.41) is 20.7. The van der Waals surface area contributed by atoms with E-state index in [9.17, 15) is 22.8 Å². The predicted octanol–water partition coefficient (Wildman–Crippen LogP) is 3.57. The van der Waals surface area contributed by atoms with Crippen LogP contribution in [-0.4, -0.2) is 32.2 Å². The molecule has 11 heteroatoms. The highest BCUT2D eigenvalue weighted by molar-refractivity contribution is 7.07. The number of aromatic carboxylic acids is 1. The maximum atomic E-state index is 12.9. The Balaban J connectivity index is 1.86. The third-order valence-electron chi connectivity index (χ3n) is 3.42. The quantitative estimate of drug-likeness (QED) is 0.701. The molecule has 0 unspecified atom stereocenters. The van der Waals surface area contributed by atoms with Crippen LogP contribution in [0, 0.1) is 0 Å². The van der Waals surface area contributed by atoms with Crippen molar-refractivity contribution in [3.8, 4) is 11.3 Å². The molecule has 1 aromatic carbocycles. The van der Waals surface area contributed by atoms with Crippen molar-refractivity contribution in [2.24, 2.45) is 0 Å². The van der Waals surface area contributed by atoms with Gasteiger partial charge in [0.1, 0.15) is 5.69 Å². The minimum atomic E-state index is -4.79. The lowest BCUT2D eigenvalue weighted by Crippen LogP contribution is -2.14. The topological polar surface area (TPSA) is 105 Å². The Kier molecular flexibility index (Phi) is 4.86. The molecule has 0 saturated heterocycles. The van der Waals surface area contributed by atoms with Gasteiger partial charge >= 0.3 is 12.1 Å². The Hall–Kier alpha value is -3.34. The van der Waals surface area contributed by atoms with Crippen LogP contribution in [0.4, 0.5) is 19.0 Å². The molecule has 0 spiro atoms. The second kappa shape index (κ2) is 7.11.